The van der Waals surface area contributed by atoms with Crippen LogP contribution in [0.2, 0.25) is 5.02 Å². The Morgan fingerprint density at radius 2 is 1.82 bits per heavy atom. The summed E-state index contributed by atoms with van der Waals surface area (Å²) in [6, 6.07) is 20.9. The minimum atomic E-state index is -1.20. The Balaban J connectivity index is 1.43. The van der Waals surface area contributed by atoms with Crippen LogP contribution < -0.4 is 10.7 Å². The van der Waals surface area contributed by atoms with E-state index in [-0.39, 0.29) is 17.0 Å². The van der Waals surface area contributed by atoms with Crippen LogP contribution in [0.5, 0.6) is 0 Å². The number of carbonyl (C=O) groups excluding carboxylic acids is 2. The Kier molecular flexibility index (Phi) is 9.02. The molecule has 9 heteroatoms. The Labute approximate surface area is 229 Å². The van der Waals surface area contributed by atoms with Gasteiger partial charge >= 0.3 is 0 Å². The van der Waals surface area contributed by atoms with Crippen LogP contribution in [0, 0.1) is 13.8 Å². The second kappa shape index (κ2) is 12.6. The van der Waals surface area contributed by atoms with Crippen molar-refractivity contribution in [3.63, 3.8) is 0 Å². The van der Waals surface area contributed by atoms with Gasteiger partial charge in [-0.25, -0.2) is 5.43 Å². The van der Waals surface area contributed by atoms with Gasteiger partial charge in [0.05, 0.1) is 23.7 Å². The van der Waals surface area contributed by atoms with Gasteiger partial charge in [-0.2, -0.15) is 5.10 Å². The molecule has 1 atom stereocenters. The number of hydrogen-bond donors (Lipinski definition) is 2. The molecular weight excluding hydrogens is 522 g/mol. The second-order valence-electron chi connectivity index (χ2n) is 8.70. The number of carbonyl (C=O) groups is 2. The van der Waals surface area contributed by atoms with E-state index in [0.717, 1.165) is 22.3 Å². The first kappa shape index (κ1) is 27.2. The molecule has 0 saturated heterocycles. The van der Waals surface area contributed by atoms with Crippen molar-refractivity contribution in [3.05, 3.63) is 123 Å². The van der Waals surface area contributed by atoms with E-state index in [1.807, 2.05) is 38.1 Å². The summed E-state index contributed by atoms with van der Waals surface area (Å²) in [5, 5.41) is 7.16. The predicted octanol–water partition coefficient (Wildman–Crippen LogP) is 6.01. The molecule has 4 rings (SSSR count). The van der Waals surface area contributed by atoms with E-state index in [0.29, 0.717) is 22.1 Å². The molecule has 2 amide bonds. The topological polar surface area (TPSA) is 107 Å². The zero-order valence-corrected chi connectivity index (χ0v) is 22.4. The first-order chi connectivity index (χ1) is 18.3. The molecule has 0 aliphatic heterocycles. The third-order valence-electron chi connectivity index (χ3n) is 5.79. The van der Waals surface area contributed by atoms with Crippen molar-refractivity contribution in [1.29, 1.82) is 0 Å². The van der Waals surface area contributed by atoms with Crippen LogP contribution in [0.25, 0.3) is 0 Å². The molecule has 0 fully saturated rings. The molecule has 38 heavy (non-hydrogen) atoms. The number of rotatable bonds is 9. The second-order valence-corrected chi connectivity index (χ2v) is 10.6. The van der Waals surface area contributed by atoms with Crippen LogP contribution in [0.1, 0.15) is 48.7 Å². The van der Waals surface area contributed by atoms with Gasteiger partial charge in [-0.15, -0.1) is 0 Å². The largest absolute Gasteiger partial charge is 0.616 e. The number of aryl methyl sites for hydroxylation is 2. The van der Waals surface area contributed by atoms with E-state index in [1.54, 1.807) is 54.9 Å². The van der Waals surface area contributed by atoms with E-state index >= 15 is 0 Å². The van der Waals surface area contributed by atoms with Crippen LogP contribution in [-0.2, 0) is 22.7 Å². The average Bonchev–Trinajstić information content (AvgIpc) is 3.40. The maximum absolute atomic E-state index is 13.0. The summed E-state index contributed by atoms with van der Waals surface area (Å²) >= 11 is 4.93. The summed E-state index contributed by atoms with van der Waals surface area (Å²) in [6.07, 6.45) is 3.09. The first-order valence-corrected chi connectivity index (χ1v) is 13.6. The van der Waals surface area contributed by atoms with E-state index < -0.39 is 23.0 Å². The van der Waals surface area contributed by atoms with E-state index in [2.05, 4.69) is 15.8 Å². The van der Waals surface area contributed by atoms with Crippen LogP contribution >= 0.6 is 11.6 Å². The van der Waals surface area contributed by atoms with Gasteiger partial charge in [-0.1, -0.05) is 41.9 Å². The van der Waals surface area contributed by atoms with E-state index in [4.69, 9.17) is 16.0 Å². The van der Waals surface area contributed by atoms with Crippen molar-refractivity contribution in [1.82, 2.24) is 5.43 Å². The Hall–Kier alpha value is -3.85. The van der Waals surface area contributed by atoms with Gasteiger partial charge in [-0.05, 0) is 84.2 Å². The molecule has 0 bridgehead atoms. The van der Waals surface area contributed by atoms with Crippen LogP contribution in [0.4, 0.5) is 5.69 Å². The predicted molar refractivity (Wildman–Crippen MR) is 151 cm³/mol. The van der Waals surface area contributed by atoms with Gasteiger partial charge < -0.3 is 14.3 Å². The zero-order chi connectivity index (χ0) is 27.1. The maximum Gasteiger partial charge on any atom is 0.273 e. The monoisotopic (exact) mass is 547 g/mol. The summed E-state index contributed by atoms with van der Waals surface area (Å²) < 4.78 is 17.8. The molecule has 1 unspecified atom stereocenters. The molecule has 1 heterocycles. The summed E-state index contributed by atoms with van der Waals surface area (Å²) in [6.45, 7) is 4.02. The molecule has 0 aliphatic carbocycles. The van der Waals surface area contributed by atoms with Gasteiger partial charge in [0.15, 0.2) is 11.5 Å². The van der Waals surface area contributed by atoms with Crippen LogP contribution in [0.15, 0.2) is 88.6 Å². The fourth-order valence-electron chi connectivity index (χ4n) is 3.67. The molecule has 3 aromatic carbocycles. The zero-order valence-electron chi connectivity index (χ0n) is 20.9. The van der Waals surface area contributed by atoms with Gasteiger partial charge in [0.25, 0.3) is 11.8 Å². The SMILES string of the molecule is Cc1ccc(/C=N/NC(=O)c2cc(Cl)ccc2NC(=O)c2cccc(C[S+]([O-])Cc3ccco3)c2)cc1C. The Bertz CT molecular complexity index is 1470. The highest BCUT2D eigenvalue weighted by Crippen LogP contribution is 2.22. The van der Waals surface area contributed by atoms with Crippen molar-refractivity contribution in [2.45, 2.75) is 25.4 Å². The summed E-state index contributed by atoms with van der Waals surface area (Å²) in [4.78, 5) is 25.9. The molecule has 194 valence electrons. The van der Waals surface area contributed by atoms with Gasteiger partial charge in [0.1, 0.15) is 5.75 Å². The normalized spacial score (nSPS) is 11.9. The number of amides is 2. The molecule has 0 saturated carbocycles. The lowest BCUT2D eigenvalue weighted by Gasteiger charge is -2.12. The fourth-order valence-corrected chi connectivity index (χ4v) is 4.98. The van der Waals surface area contributed by atoms with Crippen molar-refractivity contribution in [2.75, 3.05) is 5.32 Å². The maximum atomic E-state index is 13.0. The van der Waals surface area contributed by atoms with Crippen LogP contribution in [-0.4, -0.2) is 22.6 Å². The van der Waals surface area contributed by atoms with E-state index in [1.165, 1.54) is 6.07 Å². The number of furan rings is 1. The highest BCUT2D eigenvalue weighted by Gasteiger charge is 2.17. The highest BCUT2D eigenvalue weighted by molar-refractivity contribution is 7.89. The summed E-state index contributed by atoms with van der Waals surface area (Å²) in [5.74, 6) is 0.265. The lowest BCUT2D eigenvalue weighted by atomic mass is 10.1. The third-order valence-corrected chi connectivity index (χ3v) is 7.28. The van der Waals surface area contributed by atoms with Gasteiger partial charge in [0.2, 0.25) is 0 Å². The molecule has 0 radical (unpaired) electrons. The first-order valence-electron chi connectivity index (χ1n) is 11.8. The van der Waals surface area contributed by atoms with Crippen molar-refractivity contribution < 1.29 is 18.6 Å². The van der Waals surface area contributed by atoms with Gasteiger partial charge in [-0.3, -0.25) is 9.59 Å². The molecular formula is C29H26ClN3O4S. The van der Waals surface area contributed by atoms with Crippen molar-refractivity contribution in [3.8, 4) is 0 Å². The Morgan fingerprint density at radius 3 is 2.58 bits per heavy atom. The number of hydrazone groups is 1. The Morgan fingerprint density at radius 1 is 0.974 bits per heavy atom. The lowest BCUT2D eigenvalue weighted by molar-refractivity contribution is 0.0956. The molecule has 0 spiro atoms. The number of nitrogens with zero attached hydrogens (tertiary/aromatic N) is 1. The number of halogens is 1. The van der Waals surface area contributed by atoms with Crippen LogP contribution in [0.3, 0.4) is 0 Å². The fraction of sp³-hybridized carbons (Fsp3) is 0.138. The van der Waals surface area contributed by atoms with Gasteiger partial charge in [0, 0.05) is 16.1 Å². The van der Waals surface area contributed by atoms with E-state index in [9.17, 15) is 14.1 Å². The minimum absolute atomic E-state index is 0.166. The number of benzene rings is 3. The van der Waals surface area contributed by atoms with Crippen molar-refractivity contribution >= 4 is 46.5 Å². The highest BCUT2D eigenvalue weighted by atomic mass is 35.5. The average molecular weight is 548 g/mol. The standard InChI is InChI=1S/C29H26ClN3O4S/c1-19-8-9-21(13-20(19)2)16-31-33-29(35)26-15-24(30)10-11-27(26)32-28(34)23-6-3-5-22(14-23)17-38(36)18-25-7-4-12-37-25/h3-16H,17-18H2,1-2H3,(H,32,34)(H,33,35)/b31-16+. The van der Waals surface area contributed by atoms with Crippen molar-refractivity contribution in [2.24, 2.45) is 5.10 Å². The molecule has 0 aliphatic rings. The lowest BCUT2D eigenvalue weighted by Crippen LogP contribution is -2.21. The quantitative estimate of drug-likeness (QED) is 0.152. The number of nitrogens with one attached hydrogen (secondary N) is 2. The number of hydrogen-bond acceptors (Lipinski definition) is 5. The minimum Gasteiger partial charge on any atom is -0.616 e. The summed E-state index contributed by atoms with van der Waals surface area (Å²) in [5.41, 5.74) is 7.18. The molecule has 4 aromatic rings. The molecule has 7 nitrogen and oxygen atoms in total. The third kappa shape index (κ3) is 7.35. The molecule has 2 N–H and O–H groups in total. The molecule has 1 aromatic heterocycles. The smallest absolute Gasteiger partial charge is 0.273 e. The number of anilines is 1. The summed E-state index contributed by atoms with van der Waals surface area (Å²) in [7, 11) is 0.